The topological polar surface area (TPSA) is 177 Å². The van der Waals surface area contributed by atoms with Crippen molar-refractivity contribution >= 4 is 40.0 Å². The average Bonchev–Trinajstić information content (AvgIpc) is 4.09. The number of hydrogen-bond donors (Lipinski definition) is 4. The summed E-state index contributed by atoms with van der Waals surface area (Å²) in [5.41, 5.74) is 9.47. The van der Waals surface area contributed by atoms with Gasteiger partial charge >= 0.3 is 0 Å². The van der Waals surface area contributed by atoms with Gasteiger partial charge in [-0.15, -0.1) is 21.5 Å². The van der Waals surface area contributed by atoms with Crippen molar-refractivity contribution in [2.75, 3.05) is 31.6 Å². The summed E-state index contributed by atoms with van der Waals surface area (Å²) in [6, 6.07) is 19.2. The summed E-state index contributed by atoms with van der Waals surface area (Å²) in [7, 11) is 2.25. The zero-order valence-electron chi connectivity index (χ0n) is 35.0. The summed E-state index contributed by atoms with van der Waals surface area (Å²) >= 11 is 1.60. The van der Waals surface area contributed by atoms with Gasteiger partial charge in [0.2, 0.25) is 11.8 Å². The number of benzene rings is 2. The average molecular weight is 844 g/mol. The van der Waals surface area contributed by atoms with E-state index in [1.165, 1.54) is 16.2 Å². The normalized spacial score (nSPS) is 20.1. The highest BCUT2D eigenvalue weighted by Gasteiger charge is 2.43. The number of carbonyl (C=O) groups is 2. The van der Waals surface area contributed by atoms with Gasteiger partial charge in [0.15, 0.2) is 17.2 Å². The lowest BCUT2D eigenvalue weighted by Gasteiger charge is -2.41. The number of aliphatic hydroxyl groups is 1. The summed E-state index contributed by atoms with van der Waals surface area (Å²) in [5.74, 6) is 0.0496. The van der Waals surface area contributed by atoms with Gasteiger partial charge in [-0.1, -0.05) is 55.4 Å². The maximum Gasteiger partial charge on any atom is 0.243 e. The molecule has 4 atom stereocenters. The number of thiazole rings is 1. The number of phenolic OH excluding ortho intramolecular Hbond substituents is 1. The predicted octanol–water partition coefficient (Wildman–Crippen LogP) is 6.23. The second kappa shape index (κ2) is 17.0. The van der Waals surface area contributed by atoms with Crippen molar-refractivity contribution in [2.24, 2.45) is 5.92 Å². The molecular weight excluding hydrogens is 791 g/mol. The number of likely N-dealkylation sites (N-methyl/N-ethyl adjacent to an activating group) is 1. The molecule has 2 fully saturated rings. The lowest BCUT2D eigenvalue weighted by Crippen LogP contribution is -2.48. The lowest BCUT2D eigenvalue weighted by atomic mass is 9.89. The quantitative estimate of drug-likeness (QED) is 0.116. The highest BCUT2D eigenvalue weighted by atomic mass is 32.1. The minimum atomic E-state index is -0.797. The summed E-state index contributed by atoms with van der Waals surface area (Å²) in [5, 5.41) is 38.6. The van der Waals surface area contributed by atoms with E-state index in [1.807, 2.05) is 68.7 Å². The molecule has 0 bridgehead atoms. The smallest absolute Gasteiger partial charge is 0.243 e. The van der Waals surface area contributed by atoms with Crippen LogP contribution in [-0.2, 0) is 29.0 Å². The first-order chi connectivity index (χ1) is 29.5. The fraction of sp³-hybridized carbons (Fsp3) is 0.435. The fourth-order valence-corrected chi connectivity index (χ4v) is 10.4. The van der Waals surface area contributed by atoms with E-state index in [2.05, 4.69) is 53.6 Å². The minimum Gasteiger partial charge on any atom is -0.507 e. The number of H-pyrrole nitrogens is 1. The molecule has 6 heterocycles. The first-order valence-corrected chi connectivity index (χ1v) is 22.2. The zero-order chi connectivity index (χ0) is 42.4. The third-order valence-electron chi connectivity index (χ3n) is 13.1. The predicted molar refractivity (Wildman–Crippen MR) is 234 cm³/mol. The Kier molecular flexibility index (Phi) is 11.4. The highest BCUT2D eigenvalue weighted by Crippen LogP contribution is 2.37. The summed E-state index contributed by atoms with van der Waals surface area (Å²) in [6.07, 6.45) is 4.20. The van der Waals surface area contributed by atoms with E-state index in [0.29, 0.717) is 41.5 Å². The van der Waals surface area contributed by atoms with Gasteiger partial charge in [-0.2, -0.15) is 0 Å². The van der Waals surface area contributed by atoms with Crippen LogP contribution < -0.4 is 10.2 Å². The van der Waals surface area contributed by atoms with Crippen LogP contribution in [0, 0.1) is 12.8 Å². The number of aromatic amines is 1. The Morgan fingerprint density at radius 3 is 2.57 bits per heavy atom. The monoisotopic (exact) mass is 843 g/mol. The van der Waals surface area contributed by atoms with Gasteiger partial charge in [0.1, 0.15) is 17.7 Å². The Hall–Kier alpha value is -5.64. The largest absolute Gasteiger partial charge is 0.507 e. The number of para-hydroxylation sites is 1. The van der Waals surface area contributed by atoms with Crippen molar-refractivity contribution in [2.45, 2.75) is 96.0 Å². The molecule has 2 aliphatic heterocycles. The summed E-state index contributed by atoms with van der Waals surface area (Å²) in [6.45, 7) is 7.93. The molecule has 6 aromatic rings. The van der Waals surface area contributed by atoms with Crippen LogP contribution >= 0.6 is 11.3 Å². The van der Waals surface area contributed by atoms with Crippen molar-refractivity contribution in [3.05, 3.63) is 94.4 Å². The van der Waals surface area contributed by atoms with Crippen LogP contribution in [0.5, 0.6) is 5.75 Å². The van der Waals surface area contributed by atoms with E-state index >= 15 is 0 Å². The third-order valence-corrected chi connectivity index (χ3v) is 14.1. The molecular formula is C46H53N9O5S. The maximum atomic E-state index is 14.3. The number of anilines is 1. The molecule has 2 saturated heterocycles. The number of aryl methyl sites for hydroxylation is 2. The number of nitrogens with zero attached hydrogens (tertiary/aromatic N) is 7. The molecule has 2 amide bonds. The number of likely N-dealkylation sites (tertiary alicyclic amines) is 1. The maximum absolute atomic E-state index is 14.3. The van der Waals surface area contributed by atoms with Crippen LogP contribution in [0.1, 0.15) is 73.7 Å². The molecule has 1 aliphatic carbocycles. The van der Waals surface area contributed by atoms with Crippen molar-refractivity contribution in [3.63, 3.8) is 0 Å². The van der Waals surface area contributed by atoms with E-state index in [0.717, 1.165) is 77.9 Å². The molecule has 0 saturated carbocycles. The fourth-order valence-electron chi connectivity index (χ4n) is 9.61. The molecule has 2 aromatic carbocycles. The van der Waals surface area contributed by atoms with Crippen molar-refractivity contribution in [1.29, 1.82) is 0 Å². The second-order valence-electron chi connectivity index (χ2n) is 17.3. The number of aromatic nitrogens is 5. The van der Waals surface area contributed by atoms with E-state index in [1.54, 1.807) is 23.5 Å². The number of β-amino-alcohol motifs (C(OH)–C–C–N with tert-alkyl or cyclic N) is 1. The molecule has 3 aliphatic rings. The second-order valence-corrected chi connectivity index (χ2v) is 18.1. The highest BCUT2D eigenvalue weighted by molar-refractivity contribution is 7.13. The molecule has 1 unspecified atom stereocenters. The molecule has 4 aromatic heterocycles. The minimum absolute atomic E-state index is 0.0844. The van der Waals surface area contributed by atoms with Crippen LogP contribution in [0.15, 0.2) is 70.7 Å². The molecule has 15 heteroatoms. The van der Waals surface area contributed by atoms with Gasteiger partial charge in [-0.25, -0.2) is 4.98 Å². The summed E-state index contributed by atoms with van der Waals surface area (Å²) < 4.78 is 5.92. The van der Waals surface area contributed by atoms with Gasteiger partial charge in [-0.05, 0) is 86.9 Å². The number of carbonyl (C=O) groups excluding carboxylic acids is 2. The van der Waals surface area contributed by atoms with E-state index < -0.39 is 18.1 Å². The van der Waals surface area contributed by atoms with E-state index in [4.69, 9.17) is 4.52 Å². The zero-order valence-corrected chi connectivity index (χ0v) is 35.9. The Morgan fingerprint density at radius 2 is 1.84 bits per heavy atom. The Balaban J connectivity index is 0.813. The molecule has 9 rings (SSSR count). The summed E-state index contributed by atoms with van der Waals surface area (Å²) in [4.78, 5) is 43.1. The number of hydrogen-bond acceptors (Lipinski definition) is 12. The molecule has 14 nitrogen and oxygen atoms in total. The first-order valence-electron chi connectivity index (χ1n) is 21.4. The van der Waals surface area contributed by atoms with Crippen LogP contribution in [0.4, 0.5) is 5.82 Å². The number of amides is 2. The molecule has 4 N–H and O–H groups in total. The van der Waals surface area contributed by atoms with Crippen molar-refractivity contribution in [1.82, 2.24) is 40.4 Å². The van der Waals surface area contributed by atoms with Crippen molar-refractivity contribution in [3.8, 4) is 27.4 Å². The standard InChI is InChI=1S/C46H53N9O5S/c1-26(2)42(46(59)55-24-32(56)20-38(55)45(58)47-23-28-9-11-29(12-10-28)43-27(3)48-25-61-43)40-22-41(52-60-40)54-17-15-30(16-18-54)53(4)31-13-14-36-34(19-31)35-21-37(50-51-44(35)49-36)33-7-5-6-8-39(33)57/h5-12,21-22,25-26,30-32,38,42,56-57H,13-20,23-24H2,1-4H3,(H,47,58)(H,49,51)/t31?,32-,38+,42-/m1/s1. The number of rotatable bonds is 11. The SMILES string of the molecule is Cc1ncsc1-c1ccc(CNC(=O)[C@@H]2C[C@@H](O)CN2C(=O)[C@@H](c2cc(N3CCC(N(C)C4CCc5[nH]c6nnc(-c7ccccc7O)cc6c5C4)CC3)no2)C(C)C)cc1. The van der Waals surface area contributed by atoms with Crippen LogP contribution in [0.2, 0.25) is 0 Å². The molecule has 0 spiro atoms. The Labute approximate surface area is 359 Å². The molecule has 0 radical (unpaired) electrons. The number of nitrogens with one attached hydrogen (secondary N) is 2. The van der Waals surface area contributed by atoms with Gasteiger partial charge in [0, 0.05) is 67.4 Å². The Bertz CT molecular complexity index is 2520. The van der Waals surface area contributed by atoms with Gasteiger partial charge in [-0.3, -0.25) is 14.5 Å². The van der Waals surface area contributed by atoms with Crippen LogP contribution in [0.3, 0.4) is 0 Å². The number of phenols is 1. The van der Waals surface area contributed by atoms with Crippen LogP contribution in [-0.4, -0.2) is 108 Å². The van der Waals surface area contributed by atoms with E-state index in [9.17, 15) is 19.8 Å². The van der Waals surface area contributed by atoms with Gasteiger partial charge in [0.25, 0.3) is 0 Å². The first kappa shape index (κ1) is 40.7. The number of fused-ring (bicyclic) bond motifs is 3. The van der Waals surface area contributed by atoms with E-state index in [-0.39, 0.29) is 36.4 Å². The lowest BCUT2D eigenvalue weighted by molar-refractivity contribution is -0.141. The number of aromatic hydroxyl groups is 1. The number of piperidine rings is 1. The Morgan fingerprint density at radius 1 is 1.05 bits per heavy atom. The molecule has 318 valence electrons. The van der Waals surface area contributed by atoms with Gasteiger partial charge < -0.3 is 34.8 Å². The third kappa shape index (κ3) is 8.13. The van der Waals surface area contributed by atoms with Crippen molar-refractivity contribution < 1.29 is 24.3 Å². The van der Waals surface area contributed by atoms with Crippen LogP contribution in [0.25, 0.3) is 32.7 Å². The van der Waals surface area contributed by atoms with Gasteiger partial charge in [0.05, 0.1) is 27.9 Å². The number of aliphatic hydroxyl groups excluding tert-OH is 1. The molecule has 61 heavy (non-hydrogen) atoms.